The fourth-order valence-electron chi connectivity index (χ4n) is 4.13. The first-order valence-corrected chi connectivity index (χ1v) is 12.6. The van der Waals surface area contributed by atoms with Gasteiger partial charge in [-0.15, -0.1) is 0 Å². The molecule has 1 fully saturated rings. The standard InChI is InChI=1S/C25H31N3O2S/c1-18(24(26)16-25(27-2)21-7-5-4-6-8-21)28-17-19-9-10-22(15-19)20-11-13-23(14-12-20)31(3,29)30/h4-8,11-14,19,22,26H,9-10,15-17H2,1-3H3. The molecule has 2 aromatic rings. The lowest BCUT2D eigenvalue weighted by Gasteiger charge is -2.12. The zero-order valence-electron chi connectivity index (χ0n) is 18.5. The van der Waals surface area contributed by atoms with Crippen molar-refractivity contribution in [2.75, 3.05) is 19.8 Å². The summed E-state index contributed by atoms with van der Waals surface area (Å²) in [6, 6.07) is 17.3. The summed E-state index contributed by atoms with van der Waals surface area (Å²) >= 11 is 0. The van der Waals surface area contributed by atoms with Crippen LogP contribution in [0.4, 0.5) is 0 Å². The lowest BCUT2D eigenvalue weighted by Crippen LogP contribution is -2.17. The van der Waals surface area contributed by atoms with E-state index in [0.717, 1.165) is 42.8 Å². The van der Waals surface area contributed by atoms with Crippen molar-refractivity contribution >= 4 is 27.0 Å². The largest absolute Gasteiger partial charge is 0.303 e. The molecule has 5 nitrogen and oxygen atoms in total. The van der Waals surface area contributed by atoms with E-state index in [9.17, 15) is 8.42 Å². The number of hydrogen-bond donors (Lipinski definition) is 1. The predicted octanol–water partition coefficient (Wildman–Crippen LogP) is 4.96. The Morgan fingerprint density at radius 3 is 2.35 bits per heavy atom. The van der Waals surface area contributed by atoms with Crippen LogP contribution < -0.4 is 0 Å². The second kappa shape index (κ2) is 10.1. The third kappa shape index (κ3) is 6.20. The third-order valence-corrected chi connectivity index (χ3v) is 7.19. The molecule has 2 aromatic carbocycles. The number of benzene rings is 2. The minimum Gasteiger partial charge on any atom is -0.303 e. The minimum atomic E-state index is -3.16. The molecule has 1 aliphatic carbocycles. The molecule has 0 aliphatic heterocycles. The van der Waals surface area contributed by atoms with Gasteiger partial charge in [0.25, 0.3) is 0 Å². The molecule has 164 valence electrons. The lowest BCUT2D eigenvalue weighted by atomic mass is 9.96. The fourth-order valence-corrected chi connectivity index (χ4v) is 4.76. The van der Waals surface area contributed by atoms with E-state index in [1.54, 1.807) is 19.2 Å². The first-order valence-electron chi connectivity index (χ1n) is 10.7. The van der Waals surface area contributed by atoms with Crippen LogP contribution in [0.2, 0.25) is 0 Å². The van der Waals surface area contributed by atoms with Gasteiger partial charge in [0.05, 0.1) is 16.3 Å². The Bertz CT molecular complexity index is 1070. The van der Waals surface area contributed by atoms with Gasteiger partial charge in [-0.3, -0.25) is 9.98 Å². The fraction of sp³-hybridized carbons (Fsp3) is 0.400. The van der Waals surface area contributed by atoms with E-state index in [1.807, 2.05) is 49.4 Å². The van der Waals surface area contributed by atoms with Crippen LogP contribution >= 0.6 is 0 Å². The molecule has 0 aromatic heterocycles. The number of sulfone groups is 1. The average molecular weight is 438 g/mol. The summed E-state index contributed by atoms with van der Waals surface area (Å²) in [4.78, 5) is 9.46. The van der Waals surface area contributed by atoms with Crippen LogP contribution in [-0.4, -0.2) is 45.4 Å². The van der Waals surface area contributed by atoms with Crippen molar-refractivity contribution < 1.29 is 8.42 Å². The van der Waals surface area contributed by atoms with Gasteiger partial charge in [0.15, 0.2) is 9.84 Å². The Hall–Kier alpha value is -2.60. The average Bonchev–Trinajstić information content (AvgIpc) is 3.24. The van der Waals surface area contributed by atoms with Crippen molar-refractivity contribution in [2.24, 2.45) is 15.9 Å². The molecule has 0 radical (unpaired) electrons. The highest BCUT2D eigenvalue weighted by molar-refractivity contribution is 7.90. The van der Waals surface area contributed by atoms with Gasteiger partial charge in [-0.05, 0) is 61.3 Å². The number of hydrogen-bond acceptors (Lipinski definition) is 5. The number of rotatable bonds is 8. The topological polar surface area (TPSA) is 82.7 Å². The Balaban J connectivity index is 1.55. The number of nitrogens with zero attached hydrogens (tertiary/aromatic N) is 2. The van der Waals surface area contributed by atoms with Crippen molar-refractivity contribution in [3.05, 3.63) is 65.7 Å². The summed E-state index contributed by atoms with van der Waals surface area (Å²) in [7, 11) is -1.39. The molecule has 1 aliphatic rings. The van der Waals surface area contributed by atoms with Crippen molar-refractivity contribution in [3.8, 4) is 0 Å². The molecular weight excluding hydrogens is 406 g/mol. The van der Waals surface area contributed by atoms with Gasteiger partial charge >= 0.3 is 0 Å². The molecule has 6 heteroatoms. The molecular formula is C25H31N3O2S. The van der Waals surface area contributed by atoms with Crippen LogP contribution in [0.3, 0.4) is 0 Å². The van der Waals surface area contributed by atoms with Gasteiger partial charge in [0, 0.05) is 32.0 Å². The Morgan fingerprint density at radius 1 is 1.06 bits per heavy atom. The maximum Gasteiger partial charge on any atom is 0.175 e. The van der Waals surface area contributed by atoms with E-state index in [4.69, 9.17) is 10.4 Å². The molecule has 0 amide bonds. The van der Waals surface area contributed by atoms with Crippen LogP contribution in [0, 0.1) is 11.3 Å². The normalized spacial score (nSPS) is 20.1. The highest BCUT2D eigenvalue weighted by Crippen LogP contribution is 2.38. The van der Waals surface area contributed by atoms with E-state index in [2.05, 4.69) is 4.99 Å². The van der Waals surface area contributed by atoms with E-state index in [-0.39, 0.29) is 0 Å². The molecule has 1 N–H and O–H groups in total. The number of nitrogens with one attached hydrogen (secondary N) is 1. The van der Waals surface area contributed by atoms with Crippen molar-refractivity contribution in [1.29, 1.82) is 5.41 Å². The van der Waals surface area contributed by atoms with Gasteiger partial charge < -0.3 is 5.41 Å². The summed E-state index contributed by atoms with van der Waals surface area (Å²) in [6.07, 6.45) is 4.97. The van der Waals surface area contributed by atoms with Gasteiger partial charge in [0.2, 0.25) is 0 Å². The second-order valence-corrected chi connectivity index (χ2v) is 10.4. The molecule has 1 saturated carbocycles. The smallest absolute Gasteiger partial charge is 0.175 e. The monoisotopic (exact) mass is 437 g/mol. The quantitative estimate of drug-likeness (QED) is 0.592. The van der Waals surface area contributed by atoms with Crippen LogP contribution in [0.5, 0.6) is 0 Å². The zero-order chi connectivity index (χ0) is 22.4. The van der Waals surface area contributed by atoms with E-state index in [1.165, 1.54) is 11.8 Å². The first-order chi connectivity index (χ1) is 14.8. The Labute approximate surface area is 185 Å². The minimum absolute atomic E-state index is 0.370. The second-order valence-electron chi connectivity index (χ2n) is 8.33. The molecule has 0 bridgehead atoms. The molecule has 0 heterocycles. The van der Waals surface area contributed by atoms with Crippen molar-refractivity contribution in [3.63, 3.8) is 0 Å². The highest BCUT2D eigenvalue weighted by atomic mass is 32.2. The van der Waals surface area contributed by atoms with E-state index >= 15 is 0 Å². The Kier molecular flexibility index (Phi) is 7.55. The van der Waals surface area contributed by atoms with Gasteiger partial charge in [-0.2, -0.15) is 0 Å². The highest BCUT2D eigenvalue weighted by Gasteiger charge is 2.26. The SMILES string of the molecule is CN=C(CC(=N)C(C)=NCC1CCC(c2ccc(S(C)(=O)=O)cc2)C1)c1ccccc1. The molecule has 2 unspecified atom stereocenters. The summed E-state index contributed by atoms with van der Waals surface area (Å²) in [5.41, 5.74) is 4.44. The lowest BCUT2D eigenvalue weighted by molar-refractivity contribution is 0.552. The molecule has 31 heavy (non-hydrogen) atoms. The molecule has 0 saturated heterocycles. The van der Waals surface area contributed by atoms with E-state index < -0.39 is 9.84 Å². The van der Waals surface area contributed by atoms with Crippen molar-refractivity contribution in [1.82, 2.24) is 0 Å². The third-order valence-electron chi connectivity index (χ3n) is 6.07. The summed E-state index contributed by atoms with van der Waals surface area (Å²) in [6.45, 7) is 2.65. The molecule has 0 spiro atoms. The maximum atomic E-state index is 11.6. The summed E-state index contributed by atoms with van der Waals surface area (Å²) < 4.78 is 23.3. The van der Waals surface area contributed by atoms with Crippen LogP contribution in [0.25, 0.3) is 0 Å². The van der Waals surface area contributed by atoms with E-state index in [0.29, 0.717) is 28.9 Å². The van der Waals surface area contributed by atoms with Gasteiger partial charge in [0.1, 0.15) is 0 Å². The first kappa shape index (κ1) is 23.1. The number of aliphatic imine (C=N–C) groups is 2. The predicted molar refractivity (Wildman–Crippen MR) is 129 cm³/mol. The van der Waals surface area contributed by atoms with Crippen molar-refractivity contribution in [2.45, 2.75) is 43.4 Å². The summed E-state index contributed by atoms with van der Waals surface area (Å²) in [5, 5.41) is 8.44. The van der Waals surface area contributed by atoms with Crippen LogP contribution in [0.15, 0.2) is 69.5 Å². The van der Waals surface area contributed by atoms with Crippen LogP contribution in [0.1, 0.15) is 49.7 Å². The molecule has 2 atom stereocenters. The van der Waals surface area contributed by atoms with Crippen LogP contribution in [-0.2, 0) is 9.84 Å². The zero-order valence-corrected chi connectivity index (χ0v) is 19.3. The maximum absolute atomic E-state index is 11.6. The van der Waals surface area contributed by atoms with Gasteiger partial charge in [-0.1, -0.05) is 42.5 Å². The molecule has 3 rings (SSSR count). The van der Waals surface area contributed by atoms with Gasteiger partial charge in [-0.25, -0.2) is 8.42 Å². The Morgan fingerprint density at radius 2 is 1.74 bits per heavy atom. The summed E-state index contributed by atoms with van der Waals surface area (Å²) in [5.74, 6) is 0.946.